The maximum atomic E-state index is 12.3. The van der Waals surface area contributed by atoms with Gasteiger partial charge in [-0.05, 0) is 23.3 Å². The van der Waals surface area contributed by atoms with Gasteiger partial charge in [0.15, 0.2) is 11.6 Å². The first-order valence-corrected chi connectivity index (χ1v) is 7.18. The van der Waals surface area contributed by atoms with Crippen LogP contribution in [0.4, 0.5) is 0 Å². The molecule has 0 bridgehead atoms. The molecule has 1 fully saturated rings. The van der Waals surface area contributed by atoms with Crippen molar-refractivity contribution in [2.24, 2.45) is 0 Å². The Morgan fingerprint density at radius 1 is 1.48 bits per heavy atom. The number of nitrogens with one attached hydrogen (secondary N) is 2. The summed E-state index contributed by atoms with van der Waals surface area (Å²) in [6.45, 7) is 0.176. The molecule has 0 saturated heterocycles. The topological polar surface area (TPSA) is 140 Å². The molecule has 3 heterocycles. The van der Waals surface area contributed by atoms with E-state index in [9.17, 15) is 4.79 Å². The molecule has 0 spiro atoms. The largest absolute Gasteiger partial charge is 0.344 e. The van der Waals surface area contributed by atoms with E-state index >= 15 is 0 Å². The maximum absolute atomic E-state index is 12.3. The molecule has 11 nitrogen and oxygen atoms in total. The van der Waals surface area contributed by atoms with Gasteiger partial charge in [0.05, 0.1) is 12.7 Å². The van der Waals surface area contributed by atoms with Gasteiger partial charge in [-0.3, -0.25) is 9.89 Å². The highest BCUT2D eigenvalue weighted by atomic mass is 16.5. The van der Waals surface area contributed by atoms with Crippen LogP contribution in [-0.2, 0) is 6.54 Å². The molecule has 23 heavy (non-hydrogen) atoms. The molecule has 0 unspecified atom stereocenters. The van der Waals surface area contributed by atoms with Crippen LogP contribution in [0.15, 0.2) is 17.0 Å². The second-order valence-electron chi connectivity index (χ2n) is 5.25. The van der Waals surface area contributed by atoms with Crippen LogP contribution in [0.25, 0.3) is 5.82 Å². The molecule has 0 aliphatic heterocycles. The van der Waals surface area contributed by atoms with Crippen LogP contribution in [0, 0.1) is 0 Å². The molecular weight excluding hydrogens is 302 g/mol. The average molecular weight is 315 g/mol. The first kappa shape index (κ1) is 13.5. The number of rotatable bonds is 5. The van der Waals surface area contributed by atoms with Gasteiger partial charge in [-0.15, -0.1) is 5.10 Å². The number of aromatic nitrogens is 8. The minimum absolute atomic E-state index is 0.176. The fourth-order valence-electron chi connectivity index (χ4n) is 2.30. The van der Waals surface area contributed by atoms with Crippen molar-refractivity contribution in [1.82, 2.24) is 45.9 Å². The molecule has 1 saturated carbocycles. The third-order valence-electron chi connectivity index (χ3n) is 3.79. The van der Waals surface area contributed by atoms with Crippen molar-refractivity contribution in [3.63, 3.8) is 0 Å². The Bertz CT molecular complexity index is 802. The molecule has 3 aromatic heterocycles. The number of nitrogens with zero attached hydrogens (tertiary/aromatic N) is 7. The summed E-state index contributed by atoms with van der Waals surface area (Å²) < 4.78 is 6.54. The van der Waals surface area contributed by atoms with Crippen LogP contribution in [0.2, 0.25) is 0 Å². The van der Waals surface area contributed by atoms with Crippen LogP contribution >= 0.6 is 0 Å². The fraction of sp³-hybridized carbons (Fsp3) is 0.417. The van der Waals surface area contributed by atoms with Crippen LogP contribution < -0.4 is 5.32 Å². The zero-order chi connectivity index (χ0) is 15.6. The molecule has 11 heteroatoms. The fourth-order valence-corrected chi connectivity index (χ4v) is 2.30. The SMILES string of the molecule is O=C(NCc1noc(C2CCC2)n1)c1cn[nH]c1-n1cnnn1. The lowest BCUT2D eigenvalue weighted by Crippen LogP contribution is -2.24. The Morgan fingerprint density at radius 3 is 3.13 bits per heavy atom. The predicted octanol–water partition coefficient (Wildman–Crippen LogP) is -0.0341. The Balaban J connectivity index is 1.42. The molecule has 1 amide bonds. The van der Waals surface area contributed by atoms with Gasteiger partial charge in [0, 0.05) is 5.92 Å². The Morgan fingerprint density at radius 2 is 2.39 bits per heavy atom. The zero-order valence-electron chi connectivity index (χ0n) is 12.0. The molecule has 1 aliphatic carbocycles. The summed E-state index contributed by atoms with van der Waals surface area (Å²) in [5.74, 6) is 1.52. The van der Waals surface area contributed by atoms with Crippen molar-refractivity contribution in [2.45, 2.75) is 31.7 Å². The highest BCUT2D eigenvalue weighted by Gasteiger charge is 2.25. The Labute approximate surface area is 129 Å². The third kappa shape index (κ3) is 2.56. The Hall–Kier alpha value is -3.11. The van der Waals surface area contributed by atoms with Crippen molar-refractivity contribution < 1.29 is 9.32 Å². The standard InChI is InChI=1S/C12H13N9O2/c22-11(8-4-14-17-10(8)21-6-15-19-20-21)13-5-9-16-12(23-18-9)7-2-1-3-7/h4,6-7H,1-3,5H2,(H,13,22)(H,14,17). The van der Waals surface area contributed by atoms with E-state index in [-0.39, 0.29) is 12.5 Å². The van der Waals surface area contributed by atoms with Gasteiger partial charge in [0.2, 0.25) is 5.89 Å². The van der Waals surface area contributed by atoms with Crippen LogP contribution in [0.5, 0.6) is 0 Å². The number of H-pyrrole nitrogens is 1. The van der Waals surface area contributed by atoms with E-state index in [0.29, 0.717) is 29.0 Å². The number of amides is 1. The van der Waals surface area contributed by atoms with Crippen molar-refractivity contribution in [3.8, 4) is 5.82 Å². The Kier molecular flexibility index (Phi) is 3.29. The second-order valence-corrected chi connectivity index (χ2v) is 5.25. The molecule has 4 rings (SSSR count). The number of hydrogen-bond donors (Lipinski definition) is 2. The molecule has 0 atom stereocenters. The molecule has 1 aliphatic rings. The molecular formula is C12H13N9O2. The summed E-state index contributed by atoms with van der Waals surface area (Å²) in [7, 11) is 0. The van der Waals surface area contributed by atoms with Crippen molar-refractivity contribution in [1.29, 1.82) is 0 Å². The minimum atomic E-state index is -0.334. The summed E-state index contributed by atoms with van der Waals surface area (Å²) in [4.78, 5) is 16.6. The van der Waals surface area contributed by atoms with E-state index in [4.69, 9.17) is 4.52 Å². The summed E-state index contributed by atoms with van der Waals surface area (Å²) in [5, 5.41) is 23.9. The molecule has 0 radical (unpaired) electrons. The van der Waals surface area contributed by atoms with E-state index in [1.807, 2.05) is 0 Å². The van der Waals surface area contributed by atoms with Gasteiger partial charge in [-0.1, -0.05) is 11.6 Å². The normalized spacial score (nSPS) is 14.6. The predicted molar refractivity (Wildman–Crippen MR) is 73.4 cm³/mol. The number of hydrogen-bond acceptors (Lipinski definition) is 8. The van der Waals surface area contributed by atoms with E-state index < -0.39 is 0 Å². The molecule has 0 aromatic carbocycles. The highest BCUT2D eigenvalue weighted by molar-refractivity contribution is 5.96. The first-order valence-electron chi connectivity index (χ1n) is 7.18. The summed E-state index contributed by atoms with van der Waals surface area (Å²) >= 11 is 0. The van der Waals surface area contributed by atoms with Gasteiger partial charge in [0.1, 0.15) is 11.9 Å². The van der Waals surface area contributed by atoms with E-state index in [2.05, 4.69) is 41.2 Å². The summed E-state index contributed by atoms with van der Waals surface area (Å²) in [6, 6.07) is 0. The molecule has 2 N–H and O–H groups in total. The van der Waals surface area contributed by atoms with E-state index in [1.165, 1.54) is 23.6 Å². The van der Waals surface area contributed by atoms with E-state index in [0.717, 1.165) is 12.8 Å². The van der Waals surface area contributed by atoms with Crippen LogP contribution in [0.1, 0.15) is 47.3 Å². The lowest BCUT2D eigenvalue weighted by atomic mass is 9.85. The van der Waals surface area contributed by atoms with Gasteiger partial charge >= 0.3 is 0 Å². The second kappa shape index (κ2) is 5.59. The summed E-state index contributed by atoms with van der Waals surface area (Å²) in [6.07, 6.45) is 6.13. The van der Waals surface area contributed by atoms with Crippen molar-refractivity contribution >= 4 is 5.91 Å². The van der Waals surface area contributed by atoms with Crippen molar-refractivity contribution in [2.75, 3.05) is 0 Å². The third-order valence-corrected chi connectivity index (χ3v) is 3.79. The molecule has 3 aromatic rings. The number of carbonyl (C=O) groups is 1. The number of aromatic amines is 1. The number of tetrazole rings is 1. The van der Waals surface area contributed by atoms with Gasteiger partial charge in [-0.25, -0.2) is 0 Å². The monoisotopic (exact) mass is 315 g/mol. The van der Waals surface area contributed by atoms with Gasteiger partial charge < -0.3 is 9.84 Å². The smallest absolute Gasteiger partial charge is 0.257 e. The first-order chi connectivity index (χ1) is 11.3. The highest BCUT2D eigenvalue weighted by Crippen LogP contribution is 2.35. The van der Waals surface area contributed by atoms with Gasteiger partial charge in [-0.2, -0.15) is 14.8 Å². The maximum Gasteiger partial charge on any atom is 0.257 e. The van der Waals surface area contributed by atoms with Crippen LogP contribution in [-0.4, -0.2) is 46.5 Å². The minimum Gasteiger partial charge on any atom is -0.344 e. The quantitative estimate of drug-likeness (QED) is 0.668. The van der Waals surface area contributed by atoms with Crippen LogP contribution in [0.3, 0.4) is 0 Å². The lowest BCUT2D eigenvalue weighted by molar-refractivity contribution is 0.0949. The summed E-state index contributed by atoms with van der Waals surface area (Å²) in [5.41, 5.74) is 0.319. The average Bonchev–Trinajstić information content (AvgIpc) is 3.23. The zero-order valence-corrected chi connectivity index (χ0v) is 12.0. The van der Waals surface area contributed by atoms with Gasteiger partial charge in [0.25, 0.3) is 5.91 Å². The number of carbonyl (C=O) groups excluding carboxylic acids is 1. The van der Waals surface area contributed by atoms with Crippen molar-refractivity contribution in [3.05, 3.63) is 29.8 Å². The van der Waals surface area contributed by atoms with E-state index in [1.54, 1.807) is 0 Å². The lowest BCUT2D eigenvalue weighted by Gasteiger charge is -2.20. The molecule has 118 valence electrons.